The summed E-state index contributed by atoms with van der Waals surface area (Å²) in [5.41, 5.74) is 0. The van der Waals surface area contributed by atoms with Gasteiger partial charge in [-0.15, -0.1) is 0 Å². The molecule has 0 aliphatic carbocycles. The maximum atomic E-state index is 5.12. The van der Waals surface area contributed by atoms with Crippen molar-refractivity contribution in [1.82, 2.24) is 30.3 Å². The molecule has 1 unspecified atom stereocenters. The number of methoxy groups -OCH3 is 1. The molecule has 0 saturated carbocycles. The van der Waals surface area contributed by atoms with Gasteiger partial charge in [-0.1, -0.05) is 6.92 Å². The molecule has 8 heteroatoms. The van der Waals surface area contributed by atoms with Crippen molar-refractivity contribution in [2.75, 3.05) is 33.8 Å². The highest BCUT2D eigenvalue weighted by Gasteiger charge is 2.22. The predicted octanol–water partition coefficient (Wildman–Crippen LogP) is 0.635. The Morgan fingerprint density at radius 1 is 1.48 bits per heavy atom. The smallest absolute Gasteiger partial charge is 0.191 e. The second kappa shape index (κ2) is 9.72. The van der Waals surface area contributed by atoms with E-state index in [0.29, 0.717) is 18.7 Å². The van der Waals surface area contributed by atoms with Gasteiger partial charge in [-0.05, 0) is 26.8 Å². The lowest BCUT2D eigenvalue weighted by Crippen LogP contribution is -2.49. The summed E-state index contributed by atoms with van der Waals surface area (Å²) in [4.78, 5) is 11.3. The molecule has 8 nitrogen and oxygen atoms in total. The number of aromatic nitrogens is 3. The number of fused-ring (bicyclic) bond motifs is 1. The fourth-order valence-electron chi connectivity index (χ4n) is 3.16. The Morgan fingerprint density at radius 2 is 2.28 bits per heavy atom. The lowest BCUT2D eigenvalue weighted by Gasteiger charge is -2.27. The van der Waals surface area contributed by atoms with Gasteiger partial charge >= 0.3 is 0 Å². The van der Waals surface area contributed by atoms with Crippen LogP contribution in [-0.4, -0.2) is 71.5 Å². The van der Waals surface area contributed by atoms with Gasteiger partial charge in [0.1, 0.15) is 12.4 Å². The number of aryl methyl sites for hydroxylation is 1. The van der Waals surface area contributed by atoms with E-state index in [2.05, 4.69) is 51.4 Å². The Labute approximate surface area is 151 Å². The molecule has 1 atom stereocenters. The summed E-state index contributed by atoms with van der Waals surface area (Å²) in [6, 6.07) is 0.871. The van der Waals surface area contributed by atoms with Crippen molar-refractivity contribution in [3.63, 3.8) is 0 Å². The predicted molar refractivity (Wildman–Crippen MR) is 99.7 cm³/mol. The largest absolute Gasteiger partial charge is 0.377 e. The second-order valence-electron chi connectivity index (χ2n) is 6.66. The average Bonchev–Trinajstić information content (AvgIpc) is 2.99. The zero-order valence-corrected chi connectivity index (χ0v) is 16.2. The monoisotopic (exact) mass is 351 g/mol. The highest BCUT2D eigenvalue weighted by molar-refractivity contribution is 5.79. The van der Waals surface area contributed by atoms with Gasteiger partial charge in [-0.3, -0.25) is 9.89 Å². The summed E-state index contributed by atoms with van der Waals surface area (Å²) in [5, 5.41) is 11.4. The van der Waals surface area contributed by atoms with Gasteiger partial charge in [-0.25, -0.2) is 9.67 Å². The highest BCUT2D eigenvalue weighted by atomic mass is 16.5. The standard InChI is InChI=1S/C17H33N7O/c1-6-23(13(2)3)10-9-19-17(18-4)20-14-7-8-16-21-15(12-25-5)22-24(16)11-14/h13-14H,6-12H2,1-5H3,(H2,18,19,20). The van der Waals surface area contributed by atoms with Crippen molar-refractivity contribution < 1.29 is 4.74 Å². The van der Waals surface area contributed by atoms with Gasteiger partial charge in [-0.2, -0.15) is 5.10 Å². The third-order valence-electron chi connectivity index (χ3n) is 4.57. The zero-order valence-electron chi connectivity index (χ0n) is 16.2. The van der Waals surface area contributed by atoms with Crippen molar-refractivity contribution in [2.45, 2.75) is 58.8 Å². The molecule has 0 fully saturated rings. The van der Waals surface area contributed by atoms with E-state index in [0.717, 1.165) is 56.6 Å². The Bertz CT molecular complexity index is 555. The maximum Gasteiger partial charge on any atom is 0.191 e. The van der Waals surface area contributed by atoms with Crippen LogP contribution in [-0.2, 0) is 24.3 Å². The zero-order chi connectivity index (χ0) is 18.2. The molecule has 0 aromatic carbocycles. The van der Waals surface area contributed by atoms with Crippen LogP contribution in [0.15, 0.2) is 4.99 Å². The van der Waals surface area contributed by atoms with Crippen molar-refractivity contribution in [1.29, 1.82) is 0 Å². The fourth-order valence-corrected chi connectivity index (χ4v) is 3.16. The topological polar surface area (TPSA) is 79.6 Å². The van der Waals surface area contributed by atoms with E-state index >= 15 is 0 Å². The van der Waals surface area contributed by atoms with Crippen LogP contribution in [0, 0.1) is 0 Å². The minimum atomic E-state index is 0.308. The van der Waals surface area contributed by atoms with E-state index in [-0.39, 0.29) is 0 Å². The normalized spacial score (nSPS) is 17.9. The van der Waals surface area contributed by atoms with E-state index in [1.54, 1.807) is 7.11 Å². The quantitative estimate of drug-likeness (QED) is 0.528. The number of guanidine groups is 1. The van der Waals surface area contributed by atoms with Crippen LogP contribution in [0.3, 0.4) is 0 Å². The van der Waals surface area contributed by atoms with E-state index < -0.39 is 0 Å². The molecule has 2 heterocycles. The first kappa shape index (κ1) is 19.7. The summed E-state index contributed by atoms with van der Waals surface area (Å²) in [7, 11) is 3.48. The second-order valence-corrected chi connectivity index (χ2v) is 6.66. The number of hydrogen-bond donors (Lipinski definition) is 2. The molecule has 0 saturated heterocycles. The summed E-state index contributed by atoms with van der Waals surface area (Å²) in [6.45, 7) is 10.9. The van der Waals surface area contributed by atoms with Gasteiger partial charge in [0, 0.05) is 45.8 Å². The molecular weight excluding hydrogens is 318 g/mol. The maximum absolute atomic E-state index is 5.12. The number of nitrogens with zero attached hydrogens (tertiary/aromatic N) is 5. The lowest BCUT2D eigenvalue weighted by atomic mass is 10.1. The Hall–Kier alpha value is -1.67. The molecule has 0 spiro atoms. The molecule has 0 radical (unpaired) electrons. The van der Waals surface area contributed by atoms with Gasteiger partial charge in [0.15, 0.2) is 11.8 Å². The van der Waals surface area contributed by atoms with Crippen LogP contribution in [0.2, 0.25) is 0 Å². The minimum Gasteiger partial charge on any atom is -0.377 e. The van der Waals surface area contributed by atoms with Crippen LogP contribution in [0.5, 0.6) is 0 Å². The van der Waals surface area contributed by atoms with Gasteiger partial charge in [0.2, 0.25) is 0 Å². The average molecular weight is 351 g/mol. The first-order chi connectivity index (χ1) is 12.1. The molecule has 1 aromatic rings. The van der Waals surface area contributed by atoms with E-state index in [1.165, 1.54) is 0 Å². The molecule has 1 aliphatic heterocycles. The Balaban J connectivity index is 1.81. The van der Waals surface area contributed by atoms with Crippen molar-refractivity contribution in [3.8, 4) is 0 Å². The minimum absolute atomic E-state index is 0.308. The molecule has 0 amide bonds. The van der Waals surface area contributed by atoms with Crippen molar-refractivity contribution in [3.05, 3.63) is 11.6 Å². The van der Waals surface area contributed by atoms with Crippen LogP contribution in [0.25, 0.3) is 0 Å². The molecule has 1 aliphatic rings. The third kappa shape index (κ3) is 5.67. The van der Waals surface area contributed by atoms with Gasteiger partial charge < -0.3 is 15.4 Å². The van der Waals surface area contributed by atoms with Crippen LogP contribution < -0.4 is 10.6 Å². The number of hydrogen-bond acceptors (Lipinski definition) is 5. The number of rotatable bonds is 8. The molecule has 0 bridgehead atoms. The number of ether oxygens (including phenoxy) is 1. The SMILES string of the molecule is CCN(CCNC(=NC)NC1CCc2nc(COC)nn2C1)C(C)C. The number of likely N-dealkylation sites (N-methyl/N-ethyl adjacent to an activating group) is 1. The fraction of sp³-hybridized carbons (Fsp3) is 0.824. The lowest BCUT2D eigenvalue weighted by molar-refractivity contribution is 0.177. The number of nitrogens with one attached hydrogen (secondary N) is 2. The first-order valence-corrected chi connectivity index (χ1v) is 9.20. The molecule has 2 N–H and O–H groups in total. The van der Waals surface area contributed by atoms with E-state index in [4.69, 9.17) is 4.74 Å². The van der Waals surface area contributed by atoms with Crippen molar-refractivity contribution in [2.24, 2.45) is 4.99 Å². The van der Waals surface area contributed by atoms with Crippen LogP contribution in [0.4, 0.5) is 0 Å². The van der Waals surface area contributed by atoms with Crippen LogP contribution >= 0.6 is 0 Å². The molecule has 25 heavy (non-hydrogen) atoms. The first-order valence-electron chi connectivity index (χ1n) is 9.20. The summed E-state index contributed by atoms with van der Waals surface area (Å²) >= 11 is 0. The summed E-state index contributed by atoms with van der Waals surface area (Å²) < 4.78 is 7.10. The molecule has 1 aromatic heterocycles. The van der Waals surface area contributed by atoms with Crippen LogP contribution in [0.1, 0.15) is 38.8 Å². The summed E-state index contributed by atoms with van der Waals surface area (Å²) in [6.07, 6.45) is 1.95. The van der Waals surface area contributed by atoms with E-state index in [1.807, 2.05) is 11.7 Å². The summed E-state index contributed by atoms with van der Waals surface area (Å²) in [5.74, 6) is 2.66. The third-order valence-corrected chi connectivity index (χ3v) is 4.57. The van der Waals surface area contributed by atoms with Gasteiger partial charge in [0.05, 0.1) is 6.54 Å². The van der Waals surface area contributed by atoms with Crippen molar-refractivity contribution >= 4 is 5.96 Å². The molecular formula is C17H33N7O. The number of aliphatic imine (C=N–C) groups is 1. The molecule has 2 rings (SSSR count). The Morgan fingerprint density at radius 3 is 2.92 bits per heavy atom. The van der Waals surface area contributed by atoms with E-state index in [9.17, 15) is 0 Å². The Kier molecular flexibility index (Phi) is 7.64. The van der Waals surface area contributed by atoms with Gasteiger partial charge in [0.25, 0.3) is 0 Å². The highest BCUT2D eigenvalue weighted by Crippen LogP contribution is 2.13. The molecule has 142 valence electrons.